The van der Waals surface area contributed by atoms with Gasteiger partial charge >= 0.3 is 0 Å². The van der Waals surface area contributed by atoms with Crippen LogP contribution in [-0.4, -0.2) is 5.91 Å². The van der Waals surface area contributed by atoms with Gasteiger partial charge in [0, 0.05) is 10.7 Å². The molecule has 108 valence electrons. The van der Waals surface area contributed by atoms with Gasteiger partial charge in [0.2, 0.25) is 5.91 Å². The molecule has 4 heteroatoms. The molecular formula is C17H17ClN2O. The summed E-state index contributed by atoms with van der Waals surface area (Å²) in [5, 5.41) is 3.76. The first kappa shape index (κ1) is 14.0. The highest BCUT2D eigenvalue weighted by Crippen LogP contribution is 2.40. The van der Waals surface area contributed by atoms with Crippen LogP contribution in [0.25, 0.3) is 0 Å². The molecule has 3 nitrogen and oxygen atoms in total. The lowest BCUT2D eigenvalue weighted by Gasteiger charge is -2.17. The fraction of sp³-hybridized carbons (Fsp3) is 0.235. The Bertz CT molecular complexity index is 650. The number of nitrogens with one attached hydrogen (secondary N) is 1. The van der Waals surface area contributed by atoms with Crippen LogP contribution in [0.4, 0.5) is 5.69 Å². The summed E-state index contributed by atoms with van der Waals surface area (Å²) in [7, 11) is 0. The molecule has 3 N–H and O–H groups in total. The van der Waals surface area contributed by atoms with Gasteiger partial charge in [0.1, 0.15) is 6.04 Å². The van der Waals surface area contributed by atoms with Crippen LogP contribution in [-0.2, 0) is 4.79 Å². The van der Waals surface area contributed by atoms with Gasteiger partial charge in [-0.1, -0.05) is 41.9 Å². The number of primary amides is 1. The lowest BCUT2D eigenvalue weighted by molar-refractivity contribution is -0.118. The summed E-state index contributed by atoms with van der Waals surface area (Å²) < 4.78 is 0. The summed E-state index contributed by atoms with van der Waals surface area (Å²) in [6.07, 6.45) is 2.53. The number of carbonyl (C=O) groups is 1. The summed E-state index contributed by atoms with van der Waals surface area (Å²) in [5.41, 5.74) is 8.51. The minimum Gasteiger partial charge on any atom is -0.370 e. The molecule has 2 aromatic carbocycles. The molecule has 1 amide bonds. The number of anilines is 1. The standard InChI is InChI=1S/C17H17ClN2O/c18-14-2-1-3-15(10-14)20-16(17(19)21)13-8-6-12(7-9-13)11-4-5-11/h1-3,6-11,16,20H,4-5H2,(H2,19,21). The Balaban J connectivity index is 1.81. The first-order valence-corrected chi connectivity index (χ1v) is 7.42. The van der Waals surface area contributed by atoms with E-state index in [4.69, 9.17) is 17.3 Å². The predicted octanol–water partition coefficient (Wildman–Crippen LogP) is 3.86. The fourth-order valence-corrected chi connectivity index (χ4v) is 2.63. The average Bonchev–Trinajstić information content (AvgIpc) is 3.29. The Hall–Kier alpha value is -2.00. The normalized spacial score (nSPS) is 15.5. The maximum absolute atomic E-state index is 11.7. The predicted molar refractivity (Wildman–Crippen MR) is 85.4 cm³/mol. The van der Waals surface area contributed by atoms with E-state index in [1.807, 2.05) is 24.3 Å². The molecule has 0 aliphatic heterocycles. The van der Waals surface area contributed by atoms with Crippen molar-refractivity contribution in [2.24, 2.45) is 5.73 Å². The maximum Gasteiger partial charge on any atom is 0.244 e. The largest absolute Gasteiger partial charge is 0.370 e. The van der Waals surface area contributed by atoms with E-state index in [0.29, 0.717) is 10.9 Å². The quantitative estimate of drug-likeness (QED) is 0.881. The molecular weight excluding hydrogens is 284 g/mol. The van der Waals surface area contributed by atoms with Gasteiger partial charge in [-0.2, -0.15) is 0 Å². The number of nitrogens with two attached hydrogens (primary N) is 1. The van der Waals surface area contributed by atoms with Crippen LogP contribution >= 0.6 is 11.6 Å². The molecule has 3 rings (SSSR count). The molecule has 0 aromatic heterocycles. The Morgan fingerprint density at radius 3 is 2.48 bits per heavy atom. The minimum atomic E-state index is -0.559. The molecule has 21 heavy (non-hydrogen) atoms. The van der Waals surface area contributed by atoms with E-state index in [0.717, 1.165) is 11.3 Å². The first-order chi connectivity index (χ1) is 10.1. The van der Waals surface area contributed by atoms with Crippen molar-refractivity contribution in [1.82, 2.24) is 0 Å². The lowest BCUT2D eigenvalue weighted by Crippen LogP contribution is -2.27. The summed E-state index contributed by atoms with van der Waals surface area (Å²) >= 11 is 5.96. The van der Waals surface area contributed by atoms with Crippen molar-refractivity contribution in [2.75, 3.05) is 5.32 Å². The van der Waals surface area contributed by atoms with Crippen molar-refractivity contribution < 1.29 is 4.79 Å². The molecule has 1 aliphatic carbocycles. The van der Waals surface area contributed by atoms with Crippen LogP contribution in [0.1, 0.15) is 35.9 Å². The number of carbonyl (C=O) groups excluding carboxylic acids is 1. The fourth-order valence-electron chi connectivity index (χ4n) is 2.44. The van der Waals surface area contributed by atoms with Crippen molar-refractivity contribution in [3.63, 3.8) is 0 Å². The zero-order valence-corrected chi connectivity index (χ0v) is 12.3. The van der Waals surface area contributed by atoms with Crippen molar-refractivity contribution in [3.05, 3.63) is 64.7 Å². The van der Waals surface area contributed by atoms with Crippen LogP contribution in [0.15, 0.2) is 48.5 Å². The van der Waals surface area contributed by atoms with E-state index < -0.39 is 11.9 Å². The second-order valence-corrected chi connectivity index (χ2v) is 5.87. The molecule has 1 unspecified atom stereocenters. The van der Waals surface area contributed by atoms with Crippen LogP contribution in [0.5, 0.6) is 0 Å². The monoisotopic (exact) mass is 300 g/mol. The molecule has 1 aliphatic rings. The zero-order chi connectivity index (χ0) is 14.8. The van der Waals surface area contributed by atoms with E-state index in [-0.39, 0.29) is 0 Å². The minimum absolute atomic E-state index is 0.408. The van der Waals surface area contributed by atoms with E-state index in [2.05, 4.69) is 17.4 Å². The van der Waals surface area contributed by atoms with Crippen molar-refractivity contribution in [1.29, 1.82) is 0 Å². The summed E-state index contributed by atoms with van der Waals surface area (Å²) in [6.45, 7) is 0. The molecule has 0 spiro atoms. The number of amides is 1. The molecule has 1 fully saturated rings. The number of benzene rings is 2. The first-order valence-electron chi connectivity index (χ1n) is 7.05. The molecule has 0 saturated heterocycles. The highest BCUT2D eigenvalue weighted by molar-refractivity contribution is 6.30. The zero-order valence-electron chi connectivity index (χ0n) is 11.6. The SMILES string of the molecule is NC(=O)C(Nc1cccc(Cl)c1)c1ccc(C2CC2)cc1. The third kappa shape index (κ3) is 3.37. The van der Waals surface area contributed by atoms with Crippen molar-refractivity contribution in [3.8, 4) is 0 Å². The molecule has 0 radical (unpaired) electrons. The van der Waals surface area contributed by atoms with Gasteiger partial charge in [0.15, 0.2) is 0 Å². The van der Waals surface area contributed by atoms with Gasteiger partial charge in [-0.15, -0.1) is 0 Å². The molecule has 1 atom stereocenters. The van der Waals surface area contributed by atoms with Gasteiger partial charge in [0.25, 0.3) is 0 Å². The highest BCUT2D eigenvalue weighted by atomic mass is 35.5. The van der Waals surface area contributed by atoms with Crippen LogP contribution in [0.3, 0.4) is 0 Å². The smallest absolute Gasteiger partial charge is 0.244 e. The van der Waals surface area contributed by atoms with Gasteiger partial charge in [0.05, 0.1) is 0 Å². The highest BCUT2D eigenvalue weighted by Gasteiger charge is 2.24. The van der Waals surface area contributed by atoms with Crippen LogP contribution in [0, 0.1) is 0 Å². The van der Waals surface area contributed by atoms with E-state index >= 15 is 0 Å². The lowest BCUT2D eigenvalue weighted by atomic mass is 10.0. The van der Waals surface area contributed by atoms with Crippen molar-refractivity contribution >= 4 is 23.2 Å². The number of rotatable bonds is 5. The van der Waals surface area contributed by atoms with Crippen LogP contribution in [0.2, 0.25) is 5.02 Å². The molecule has 2 aromatic rings. The topological polar surface area (TPSA) is 55.1 Å². The van der Waals surface area contributed by atoms with Gasteiger partial charge in [-0.05, 0) is 48.1 Å². The Morgan fingerprint density at radius 2 is 1.90 bits per heavy atom. The summed E-state index contributed by atoms with van der Waals surface area (Å²) in [4.78, 5) is 11.7. The molecule has 1 saturated carbocycles. The molecule has 0 bridgehead atoms. The summed E-state index contributed by atoms with van der Waals surface area (Å²) in [5.74, 6) is 0.293. The van der Waals surface area contributed by atoms with Gasteiger partial charge < -0.3 is 11.1 Å². The van der Waals surface area contributed by atoms with E-state index in [9.17, 15) is 4.79 Å². The Kier molecular flexibility index (Phi) is 3.84. The Morgan fingerprint density at radius 1 is 1.19 bits per heavy atom. The van der Waals surface area contributed by atoms with E-state index in [1.165, 1.54) is 18.4 Å². The summed E-state index contributed by atoms with van der Waals surface area (Å²) in [6, 6.07) is 14.8. The second-order valence-electron chi connectivity index (χ2n) is 5.43. The van der Waals surface area contributed by atoms with Crippen molar-refractivity contribution in [2.45, 2.75) is 24.8 Å². The van der Waals surface area contributed by atoms with E-state index in [1.54, 1.807) is 12.1 Å². The number of hydrogen-bond acceptors (Lipinski definition) is 2. The second kappa shape index (κ2) is 5.78. The van der Waals surface area contributed by atoms with Gasteiger partial charge in [-0.25, -0.2) is 0 Å². The molecule has 0 heterocycles. The third-order valence-electron chi connectivity index (χ3n) is 3.74. The van der Waals surface area contributed by atoms with Crippen LogP contribution < -0.4 is 11.1 Å². The number of halogens is 1. The third-order valence-corrected chi connectivity index (χ3v) is 3.97. The Labute approximate surface area is 129 Å². The average molecular weight is 301 g/mol. The maximum atomic E-state index is 11.7. The van der Waals surface area contributed by atoms with Gasteiger partial charge in [-0.3, -0.25) is 4.79 Å². The number of hydrogen-bond donors (Lipinski definition) is 2.